The van der Waals surface area contributed by atoms with Crippen molar-refractivity contribution >= 4 is 10.0 Å². The molecule has 3 rings (SSSR count). The zero-order chi connectivity index (χ0) is 17.7. The molecule has 2 heterocycles. The molecule has 0 aliphatic carbocycles. The van der Waals surface area contributed by atoms with Crippen molar-refractivity contribution in [1.82, 2.24) is 14.5 Å². The summed E-state index contributed by atoms with van der Waals surface area (Å²) in [6, 6.07) is 14.6. The van der Waals surface area contributed by atoms with Crippen LogP contribution in [0.5, 0.6) is 0 Å². The summed E-state index contributed by atoms with van der Waals surface area (Å²) in [5.74, 6) is 0.568. The van der Waals surface area contributed by atoms with Crippen molar-refractivity contribution in [2.75, 3.05) is 6.54 Å². The number of nitrogens with one attached hydrogen (secondary N) is 1. The predicted octanol–water partition coefficient (Wildman–Crippen LogP) is 1.87. The molecule has 25 heavy (non-hydrogen) atoms. The molecular formula is C17H17N3O4S. The maximum absolute atomic E-state index is 12.1. The lowest BCUT2D eigenvalue weighted by Crippen LogP contribution is -2.28. The second-order valence-electron chi connectivity index (χ2n) is 5.32. The van der Waals surface area contributed by atoms with Crippen LogP contribution in [0.15, 0.2) is 75.0 Å². The van der Waals surface area contributed by atoms with Crippen molar-refractivity contribution in [3.8, 4) is 11.5 Å². The molecule has 2 aromatic heterocycles. The van der Waals surface area contributed by atoms with Gasteiger partial charge in [-0.05, 0) is 36.8 Å². The summed E-state index contributed by atoms with van der Waals surface area (Å²) in [6.45, 7) is 0.501. The van der Waals surface area contributed by atoms with Crippen molar-refractivity contribution in [2.45, 2.75) is 17.9 Å². The van der Waals surface area contributed by atoms with Crippen molar-refractivity contribution in [2.24, 2.45) is 0 Å². The molecule has 0 saturated carbocycles. The van der Waals surface area contributed by atoms with E-state index in [0.29, 0.717) is 24.4 Å². The first-order valence-corrected chi connectivity index (χ1v) is 9.21. The standard InChI is InChI=1S/C17H17N3O4S/c21-17-10-9-15(16-8-4-13-24-16)19-20(17)12-5-11-18-25(22,23)14-6-2-1-3-7-14/h1-4,6-10,13,18H,5,11-12H2. The second-order valence-corrected chi connectivity index (χ2v) is 7.09. The third kappa shape index (κ3) is 4.23. The fourth-order valence-electron chi connectivity index (χ4n) is 2.28. The number of hydrogen-bond donors (Lipinski definition) is 1. The van der Waals surface area contributed by atoms with E-state index < -0.39 is 10.0 Å². The molecule has 0 unspecified atom stereocenters. The smallest absolute Gasteiger partial charge is 0.266 e. The Labute approximate surface area is 145 Å². The zero-order valence-corrected chi connectivity index (χ0v) is 14.1. The van der Waals surface area contributed by atoms with Crippen LogP contribution in [0.1, 0.15) is 6.42 Å². The molecule has 1 aromatic carbocycles. The molecule has 0 amide bonds. The Morgan fingerprint density at radius 1 is 1.04 bits per heavy atom. The highest BCUT2D eigenvalue weighted by Gasteiger charge is 2.12. The van der Waals surface area contributed by atoms with Crippen LogP contribution in [0.3, 0.4) is 0 Å². The highest BCUT2D eigenvalue weighted by molar-refractivity contribution is 7.89. The Morgan fingerprint density at radius 2 is 1.84 bits per heavy atom. The van der Waals surface area contributed by atoms with Crippen LogP contribution < -0.4 is 10.3 Å². The van der Waals surface area contributed by atoms with E-state index in [-0.39, 0.29) is 17.0 Å². The zero-order valence-electron chi connectivity index (χ0n) is 13.3. The van der Waals surface area contributed by atoms with E-state index in [1.807, 2.05) is 0 Å². The average Bonchev–Trinajstić information content (AvgIpc) is 3.15. The number of rotatable bonds is 7. The molecule has 7 nitrogen and oxygen atoms in total. The molecule has 3 aromatic rings. The third-order valence-corrected chi connectivity index (χ3v) is 5.01. The SMILES string of the molecule is O=c1ccc(-c2ccco2)nn1CCCNS(=O)(=O)c1ccccc1. The molecule has 0 radical (unpaired) electrons. The molecule has 1 N–H and O–H groups in total. The van der Waals surface area contributed by atoms with Gasteiger partial charge in [-0.3, -0.25) is 4.79 Å². The van der Waals surface area contributed by atoms with Gasteiger partial charge in [0.15, 0.2) is 5.76 Å². The van der Waals surface area contributed by atoms with E-state index in [4.69, 9.17) is 4.42 Å². The molecular weight excluding hydrogens is 342 g/mol. The maximum Gasteiger partial charge on any atom is 0.266 e. The predicted molar refractivity (Wildman–Crippen MR) is 92.4 cm³/mol. The van der Waals surface area contributed by atoms with Gasteiger partial charge in [-0.15, -0.1) is 0 Å². The molecule has 0 bridgehead atoms. The lowest BCUT2D eigenvalue weighted by Gasteiger charge is -2.08. The van der Waals surface area contributed by atoms with Crippen LogP contribution in [0.4, 0.5) is 0 Å². The summed E-state index contributed by atoms with van der Waals surface area (Å²) >= 11 is 0. The Bertz CT molecular complexity index is 980. The largest absolute Gasteiger partial charge is 0.463 e. The van der Waals surface area contributed by atoms with Crippen molar-refractivity contribution < 1.29 is 12.8 Å². The fraction of sp³-hybridized carbons (Fsp3) is 0.176. The number of aromatic nitrogens is 2. The monoisotopic (exact) mass is 359 g/mol. The number of sulfonamides is 1. The van der Waals surface area contributed by atoms with Crippen LogP contribution in [-0.2, 0) is 16.6 Å². The van der Waals surface area contributed by atoms with E-state index in [0.717, 1.165) is 0 Å². The number of nitrogens with zero attached hydrogens (tertiary/aromatic N) is 2. The molecule has 0 aliphatic rings. The van der Waals surface area contributed by atoms with Crippen LogP contribution in [0, 0.1) is 0 Å². The third-order valence-electron chi connectivity index (χ3n) is 3.53. The van der Waals surface area contributed by atoms with Crippen LogP contribution >= 0.6 is 0 Å². The van der Waals surface area contributed by atoms with Gasteiger partial charge >= 0.3 is 0 Å². The summed E-state index contributed by atoms with van der Waals surface area (Å²) in [4.78, 5) is 12.1. The maximum atomic E-state index is 12.1. The number of hydrogen-bond acceptors (Lipinski definition) is 5. The quantitative estimate of drug-likeness (QED) is 0.650. The van der Waals surface area contributed by atoms with Gasteiger partial charge < -0.3 is 4.42 Å². The van der Waals surface area contributed by atoms with Gasteiger partial charge in [0.1, 0.15) is 5.69 Å². The summed E-state index contributed by atoms with van der Waals surface area (Å²) in [5, 5.41) is 4.24. The van der Waals surface area contributed by atoms with E-state index >= 15 is 0 Å². The molecule has 0 aliphatic heterocycles. The first-order valence-electron chi connectivity index (χ1n) is 7.73. The Kier molecular flexibility index (Phi) is 5.11. The lowest BCUT2D eigenvalue weighted by atomic mass is 10.3. The minimum Gasteiger partial charge on any atom is -0.463 e. The highest BCUT2D eigenvalue weighted by Crippen LogP contribution is 2.15. The van der Waals surface area contributed by atoms with Gasteiger partial charge in [-0.1, -0.05) is 18.2 Å². The number of aryl methyl sites for hydroxylation is 1. The molecule has 0 fully saturated rings. The minimum atomic E-state index is -3.54. The fourth-order valence-corrected chi connectivity index (χ4v) is 3.38. The first-order chi connectivity index (χ1) is 12.1. The topological polar surface area (TPSA) is 94.2 Å². The van der Waals surface area contributed by atoms with Gasteiger partial charge in [0.25, 0.3) is 5.56 Å². The van der Waals surface area contributed by atoms with Gasteiger partial charge in [0, 0.05) is 19.2 Å². The number of furan rings is 1. The summed E-state index contributed by atoms with van der Waals surface area (Å²) in [7, 11) is -3.54. The Hall–Kier alpha value is -2.71. The second kappa shape index (κ2) is 7.45. The van der Waals surface area contributed by atoms with Gasteiger partial charge in [0.2, 0.25) is 10.0 Å². The number of benzene rings is 1. The van der Waals surface area contributed by atoms with Crippen molar-refractivity contribution in [3.05, 3.63) is 71.2 Å². The summed E-state index contributed by atoms with van der Waals surface area (Å²) < 4.78 is 33.3. The first kappa shape index (κ1) is 17.1. The lowest BCUT2D eigenvalue weighted by molar-refractivity contribution is 0.529. The van der Waals surface area contributed by atoms with Gasteiger partial charge in [0.05, 0.1) is 11.2 Å². The summed E-state index contributed by atoms with van der Waals surface area (Å²) in [5.41, 5.74) is 0.302. The molecule has 8 heteroatoms. The van der Waals surface area contributed by atoms with Crippen LogP contribution in [0.2, 0.25) is 0 Å². The van der Waals surface area contributed by atoms with E-state index in [1.165, 1.54) is 29.1 Å². The average molecular weight is 359 g/mol. The van der Waals surface area contributed by atoms with Crippen molar-refractivity contribution in [1.29, 1.82) is 0 Å². The summed E-state index contributed by atoms with van der Waals surface area (Å²) in [6.07, 6.45) is 1.96. The van der Waals surface area contributed by atoms with E-state index in [1.54, 1.807) is 36.4 Å². The van der Waals surface area contributed by atoms with Crippen LogP contribution in [-0.4, -0.2) is 24.7 Å². The van der Waals surface area contributed by atoms with E-state index in [2.05, 4.69) is 9.82 Å². The molecule has 130 valence electrons. The van der Waals surface area contributed by atoms with Crippen LogP contribution in [0.25, 0.3) is 11.5 Å². The molecule has 0 saturated heterocycles. The highest BCUT2D eigenvalue weighted by atomic mass is 32.2. The molecule has 0 spiro atoms. The Balaban J connectivity index is 1.61. The van der Waals surface area contributed by atoms with Gasteiger partial charge in [-0.25, -0.2) is 17.8 Å². The minimum absolute atomic E-state index is 0.205. The Morgan fingerprint density at radius 3 is 2.56 bits per heavy atom. The van der Waals surface area contributed by atoms with E-state index in [9.17, 15) is 13.2 Å². The van der Waals surface area contributed by atoms with Crippen molar-refractivity contribution in [3.63, 3.8) is 0 Å². The van der Waals surface area contributed by atoms with Gasteiger partial charge in [-0.2, -0.15) is 5.10 Å². The molecule has 0 atom stereocenters. The normalized spacial score (nSPS) is 11.5.